The van der Waals surface area contributed by atoms with Gasteiger partial charge in [0.2, 0.25) is 0 Å². The smallest absolute Gasteiger partial charge is 0.304 e. The minimum atomic E-state index is -0.707. The molecular formula is C17H26N2O2. The molecule has 0 radical (unpaired) electrons. The third-order valence-corrected chi connectivity index (χ3v) is 4.36. The van der Waals surface area contributed by atoms with Gasteiger partial charge in [-0.15, -0.1) is 0 Å². The molecule has 2 N–H and O–H groups in total. The molecule has 4 heteroatoms. The van der Waals surface area contributed by atoms with Crippen molar-refractivity contribution in [2.24, 2.45) is 0 Å². The first-order valence-corrected chi connectivity index (χ1v) is 7.70. The Morgan fingerprint density at radius 3 is 2.33 bits per heavy atom. The molecule has 0 aliphatic carbocycles. The third kappa shape index (κ3) is 4.29. The quantitative estimate of drug-likeness (QED) is 0.870. The number of piperazine rings is 1. The molecule has 2 rings (SSSR count). The molecule has 21 heavy (non-hydrogen) atoms. The molecule has 1 unspecified atom stereocenters. The molecule has 0 aromatic heterocycles. The van der Waals surface area contributed by atoms with Crippen LogP contribution in [0.15, 0.2) is 12.1 Å². The van der Waals surface area contributed by atoms with Crippen molar-refractivity contribution in [1.29, 1.82) is 0 Å². The van der Waals surface area contributed by atoms with E-state index in [2.05, 4.69) is 43.1 Å². The van der Waals surface area contributed by atoms with Crippen molar-refractivity contribution in [2.45, 2.75) is 39.7 Å². The number of carbonyl (C=O) groups is 1. The molecule has 1 aromatic carbocycles. The van der Waals surface area contributed by atoms with Gasteiger partial charge in [0.25, 0.3) is 0 Å². The van der Waals surface area contributed by atoms with Gasteiger partial charge >= 0.3 is 5.97 Å². The van der Waals surface area contributed by atoms with Gasteiger partial charge in [0, 0.05) is 32.2 Å². The van der Waals surface area contributed by atoms with Gasteiger partial charge in [-0.1, -0.05) is 17.7 Å². The second-order valence-electron chi connectivity index (χ2n) is 6.12. The average molecular weight is 290 g/mol. The third-order valence-electron chi connectivity index (χ3n) is 4.36. The number of rotatable bonds is 5. The zero-order chi connectivity index (χ0) is 15.4. The Kier molecular flexibility index (Phi) is 5.37. The normalized spacial score (nSPS) is 17.7. The summed E-state index contributed by atoms with van der Waals surface area (Å²) in [7, 11) is 0. The second kappa shape index (κ2) is 7.05. The van der Waals surface area contributed by atoms with Crippen LogP contribution in [0.5, 0.6) is 0 Å². The van der Waals surface area contributed by atoms with Crippen molar-refractivity contribution in [1.82, 2.24) is 10.2 Å². The molecule has 1 aromatic rings. The van der Waals surface area contributed by atoms with Crippen LogP contribution in [0.2, 0.25) is 0 Å². The highest BCUT2D eigenvalue weighted by molar-refractivity contribution is 5.67. The number of nitrogens with one attached hydrogen (secondary N) is 1. The zero-order valence-electron chi connectivity index (χ0n) is 13.3. The molecule has 0 amide bonds. The van der Waals surface area contributed by atoms with Crippen molar-refractivity contribution in [2.75, 3.05) is 26.2 Å². The van der Waals surface area contributed by atoms with Gasteiger partial charge in [-0.2, -0.15) is 0 Å². The summed E-state index contributed by atoms with van der Waals surface area (Å²) in [5, 5.41) is 12.6. The first-order chi connectivity index (χ1) is 9.97. The number of aliphatic carboxylic acids is 1. The minimum absolute atomic E-state index is 0.0877. The lowest BCUT2D eigenvalue weighted by Gasteiger charge is -2.35. The van der Waals surface area contributed by atoms with Gasteiger partial charge in [-0.3, -0.25) is 9.69 Å². The maximum atomic E-state index is 11.2. The average Bonchev–Trinajstić information content (AvgIpc) is 2.42. The highest BCUT2D eigenvalue weighted by Gasteiger charge is 2.24. The Morgan fingerprint density at radius 1 is 1.24 bits per heavy atom. The number of carboxylic acids is 1. The fourth-order valence-corrected chi connectivity index (χ4v) is 3.35. The maximum Gasteiger partial charge on any atom is 0.304 e. The summed E-state index contributed by atoms with van der Waals surface area (Å²) in [5.41, 5.74) is 5.13. The molecule has 1 aliphatic rings. The summed E-state index contributed by atoms with van der Waals surface area (Å²) in [6.45, 7) is 10.1. The van der Waals surface area contributed by atoms with Crippen LogP contribution in [0.25, 0.3) is 0 Å². The Morgan fingerprint density at radius 2 is 1.81 bits per heavy atom. The zero-order valence-corrected chi connectivity index (χ0v) is 13.3. The number of nitrogens with zero attached hydrogens (tertiary/aromatic N) is 1. The topological polar surface area (TPSA) is 52.6 Å². The van der Waals surface area contributed by atoms with Crippen LogP contribution in [0, 0.1) is 20.8 Å². The molecule has 4 nitrogen and oxygen atoms in total. The molecule has 1 atom stereocenters. The van der Waals surface area contributed by atoms with E-state index >= 15 is 0 Å². The predicted molar refractivity (Wildman–Crippen MR) is 84.8 cm³/mol. The van der Waals surface area contributed by atoms with Gasteiger partial charge in [-0.05, 0) is 43.9 Å². The molecule has 1 heterocycles. The Labute approximate surface area is 127 Å². The van der Waals surface area contributed by atoms with Crippen LogP contribution in [-0.4, -0.2) is 48.2 Å². The van der Waals surface area contributed by atoms with Crippen molar-refractivity contribution >= 4 is 5.97 Å². The van der Waals surface area contributed by atoms with Crippen molar-refractivity contribution in [3.8, 4) is 0 Å². The van der Waals surface area contributed by atoms with Gasteiger partial charge in [-0.25, -0.2) is 0 Å². The lowest BCUT2D eigenvalue weighted by Crippen LogP contribution is -2.49. The number of aryl methyl sites for hydroxylation is 3. The van der Waals surface area contributed by atoms with Crippen molar-refractivity contribution in [3.63, 3.8) is 0 Å². The van der Waals surface area contributed by atoms with Crippen LogP contribution in [0.4, 0.5) is 0 Å². The van der Waals surface area contributed by atoms with E-state index in [1.54, 1.807) is 0 Å². The van der Waals surface area contributed by atoms with Crippen LogP contribution >= 0.6 is 0 Å². The summed E-state index contributed by atoms with van der Waals surface area (Å²) in [4.78, 5) is 13.5. The Bertz CT molecular complexity index is 485. The maximum absolute atomic E-state index is 11.2. The molecule has 1 aliphatic heterocycles. The van der Waals surface area contributed by atoms with E-state index in [1.165, 1.54) is 22.3 Å². The van der Waals surface area contributed by atoms with Crippen LogP contribution in [0.3, 0.4) is 0 Å². The monoisotopic (exact) mass is 290 g/mol. The summed E-state index contributed by atoms with van der Waals surface area (Å²) in [6, 6.07) is 4.47. The van der Waals surface area contributed by atoms with E-state index in [1.807, 2.05) is 0 Å². The molecular weight excluding hydrogens is 264 g/mol. The van der Waals surface area contributed by atoms with E-state index in [0.717, 1.165) is 32.6 Å². The first kappa shape index (κ1) is 16.0. The summed E-state index contributed by atoms with van der Waals surface area (Å²) >= 11 is 0. The molecule has 116 valence electrons. The highest BCUT2D eigenvalue weighted by atomic mass is 16.4. The standard InChI is InChI=1S/C17H26N2O2/c1-12-8-13(2)16(14(3)9-12)10-15(11-17(20)21)19-6-4-18-5-7-19/h8-9,15,18H,4-7,10-11H2,1-3H3,(H,20,21). The van der Waals surface area contributed by atoms with Crippen LogP contribution in [0.1, 0.15) is 28.7 Å². The summed E-state index contributed by atoms with van der Waals surface area (Å²) in [6.07, 6.45) is 1.04. The lowest BCUT2D eigenvalue weighted by atomic mass is 9.92. The van der Waals surface area contributed by atoms with Gasteiger partial charge in [0.15, 0.2) is 0 Å². The van der Waals surface area contributed by atoms with E-state index in [4.69, 9.17) is 0 Å². The SMILES string of the molecule is Cc1cc(C)c(CC(CC(=O)O)N2CCNCC2)c(C)c1. The number of carboxylic acid groups (broad SMARTS) is 1. The Balaban J connectivity index is 2.19. The van der Waals surface area contributed by atoms with Gasteiger partial charge in [0.05, 0.1) is 6.42 Å². The van der Waals surface area contributed by atoms with Crippen LogP contribution < -0.4 is 5.32 Å². The van der Waals surface area contributed by atoms with E-state index in [-0.39, 0.29) is 12.5 Å². The van der Waals surface area contributed by atoms with E-state index in [0.29, 0.717) is 0 Å². The largest absolute Gasteiger partial charge is 0.481 e. The fourth-order valence-electron chi connectivity index (χ4n) is 3.35. The van der Waals surface area contributed by atoms with Gasteiger partial charge in [0.1, 0.15) is 0 Å². The predicted octanol–water partition coefficient (Wildman–Crippen LogP) is 1.90. The minimum Gasteiger partial charge on any atom is -0.481 e. The van der Waals surface area contributed by atoms with Crippen LogP contribution in [-0.2, 0) is 11.2 Å². The summed E-state index contributed by atoms with van der Waals surface area (Å²) in [5.74, 6) is -0.707. The van der Waals surface area contributed by atoms with Crippen molar-refractivity contribution in [3.05, 3.63) is 34.4 Å². The molecule has 0 bridgehead atoms. The van der Waals surface area contributed by atoms with Crippen molar-refractivity contribution < 1.29 is 9.90 Å². The molecule has 1 saturated heterocycles. The fraction of sp³-hybridized carbons (Fsp3) is 0.588. The number of hydrogen-bond donors (Lipinski definition) is 2. The molecule has 0 saturated carbocycles. The Hall–Kier alpha value is -1.39. The second-order valence-corrected chi connectivity index (χ2v) is 6.12. The lowest BCUT2D eigenvalue weighted by molar-refractivity contribution is -0.138. The first-order valence-electron chi connectivity index (χ1n) is 7.70. The van der Waals surface area contributed by atoms with E-state index < -0.39 is 5.97 Å². The highest BCUT2D eigenvalue weighted by Crippen LogP contribution is 2.21. The van der Waals surface area contributed by atoms with E-state index in [9.17, 15) is 9.90 Å². The number of hydrogen-bond acceptors (Lipinski definition) is 3. The summed E-state index contributed by atoms with van der Waals surface area (Å²) < 4.78 is 0. The molecule has 0 spiro atoms. The van der Waals surface area contributed by atoms with Gasteiger partial charge < -0.3 is 10.4 Å². The number of benzene rings is 1. The molecule has 1 fully saturated rings.